The van der Waals surface area contributed by atoms with Crippen molar-refractivity contribution in [3.63, 3.8) is 0 Å². The third-order valence-corrected chi connectivity index (χ3v) is 6.13. The van der Waals surface area contributed by atoms with Crippen LogP contribution in [-0.4, -0.2) is 13.1 Å². The predicted molar refractivity (Wildman–Crippen MR) is 131 cm³/mol. The van der Waals surface area contributed by atoms with Gasteiger partial charge in [-0.05, 0) is 52.5 Å². The van der Waals surface area contributed by atoms with Crippen LogP contribution >= 0.6 is 0 Å². The monoisotopic (exact) mass is 413 g/mol. The van der Waals surface area contributed by atoms with Crippen molar-refractivity contribution in [3.05, 3.63) is 71.3 Å². The van der Waals surface area contributed by atoms with Crippen LogP contribution in [0.5, 0.6) is 0 Å². The van der Waals surface area contributed by atoms with Crippen molar-refractivity contribution in [1.29, 1.82) is 10.5 Å². The van der Waals surface area contributed by atoms with E-state index in [0.717, 1.165) is 17.7 Å². The molecule has 0 saturated heterocycles. The average molecular weight is 414 g/mol. The van der Waals surface area contributed by atoms with Gasteiger partial charge in [0.1, 0.15) is 6.54 Å². The summed E-state index contributed by atoms with van der Waals surface area (Å²) in [6.07, 6.45) is 5.80. The number of hydrogen-bond acceptors (Lipinski definition) is 3. The van der Waals surface area contributed by atoms with Gasteiger partial charge in [0.15, 0.2) is 0 Å². The van der Waals surface area contributed by atoms with Crippen LogP contribution in [0.3, 0.4) is 0 Å². The largest absolute Gasteiger partial charge is 0.357 e. The Bertz CT molecular complexity index is 939. The highest BCUT2D eigenvalue weighted by Crippen LogP contribution is 2.36. The van der Waals surface area contributed by atoms with Gasteiger partial charge in [-0.3, -0.25) is 0 Å². The van der Waals surface area contributed by atoms with Crippen molar-refractivity contribution in [2.75, 3.05) is 18.0 Å². The summed E-state index contributed by atoms with van der Waals surface area (Å²) in [6, 6.07) is 21.4. The van der Waals surface area contributed by atoms with Gasteiger partial charge in [0.2, 0.25) is 0 Å². The van der Waals surface area contributed by atoms with E-state index in [1.165, 1.54) is 11.1 Å². The summed E-state index contributed by atoms with van der Waals surface area (Å²) < 4.78 is 0. The number of benzene rings is 2. The first-order valence-corrected chi connectivity index (χ1v) is 11.1. The molecule has 0 aliphatic heterocycles. The fourth-order valence-electron chi connectivity index (χ4n) is 3.84. The predicted octanol–water partition coefficient (Wildman–Crippen LogP) is 7.07. The SMILES string of the molecule is CC(C)C(C)c1ccccc1C(C)(C)CC=Cc1ccc(N(CC#N)CCC#N)cc1. The summed E-state index contributed by atoms with van der Waals surface area (Å²) in [4.78, 5) is 1.94. The van der Waals surface area contributed by atoms with Crippen LogP contribution in [0.2, 0.25) is 0 Å². The molecule has 0 spiro atoms. The van der Waals surface area contributed by atoms with Gasteiger partial charge in [-0.25, -0.2) is 0 Å². The van der Waals surface area contributed by atoms with Crippen LogP contribution in [0.25, 0.3) is 6.08 Å². The molecule has 0 aromatic heterocycles. The fourth-order valence-corrected chi connectivity index (χ4v) is 3.84. The summed E-state index contributed by atoms with van der Waals surface area (Å²) >= 11 is 0. The molecule has 0 bridgehead atoms. The zero-order chi connectivity index (χ0) is 22.9. The number of nitriles is 2. The smallest absolute Gasteiger partial charge is 0.105 e. The maximum atomic E-state index is 9.04. The van der Waals surface area contributed by atoms with E-state index in [1.807, 2.05) is 17.0 Å². The van der Waals surface area contributed by atoms with Crippen molar-refractivity contribution in [3.8, 4) is 12.1 Å². The lowest BCUT2D eigenvalue weighted by Gasteiger charge is -2.30. The van der Waals surface area contributed by atoms with Crippen LogP contribution in [0, 0.1) is 28.6 Å². The highest BCUT2D eigenvalue weighted by molar-refractivity contribution is 5.56. The Kier molecular flexibility index (Phi) is 8.89. The first-order valence-electron chi connectivity index (χ1n) is 11.1. The summed E-state index contributed by atoms with van der Waals surface area (Å²) in [5.41, 5.74) is 5.05. The third kappa shape index (κ3) is 6.73. The normalized spacial score (nSPS) is 12.5. The second-order valence-electron chi connectivity index (χ2n) is 9.19. The van der Waals surface area contributed by atoms with Gasteiger partial charge in [0.05, 0.1) is 18.6 Å². The number of allylic oxidation sites excluding steroid dienone is 1. The van der Waals surface area contributed by atoms with Gasteiger partial charge < -0.3 is 4.90 Å². The molecule has 0 fully saturated rings. The minimum Gasteiger partial charge on any atom is -0.357 e. The Hall–Kier alpha value is -3.04. The molecule has 0 aliphatic carbocycles. The van der Waals surface area contributed by atoms with Gasteiger partial charge >= 0.3 is 0 Å². The molecule has 3 nitrogen and oxygen atoms in total. The third-order valence-electron chi connectivity index (χ3n) is 6.13. The minimum absolute atomic E-state index is 0.0527. The van der Waals surface area contributed by atoms with Gasteiger partial charge in [-0.15, -0.1) is 0 Å². The van der Waals surface area contributed by atoms with E-state index in [-0.39, 0.29) is 5.41 Å². The molecule has 0 saturated carbocycles. The quantitative estimate of drug-likeness (QED) is 0.391. The first-order chi connectivity index (χ1) is 14.8. The summed E-state index contributed by atoms with van der Waals surface area (Å²) in [6.45, 7) is 12.4. The zero-order valence-electron chi connectivity index (χ0n) is 19.6. The molecule has 0 heterocycles. The molecule has 3 heteroatoms. The van der Waals surface area contributed by atoms with E-state index in [0.29, 0.717) is 31.3 Å². The molecule has 162 valence electrons. The van der Waals surface area contributed by atoms with Crippen LogP contribution < -0.4 is 4.90 Å². The number of anilines is 1. The Morgan fingerprint density at radius 3 is 2.26 bits per heavy atom. The molecular weight excluding hydrogens is 378 g/mol. The summed E-state index contributed by atoms with van der Waals surface area (Å²) in [7, 11) is 0. The highest BCUT2D eigenvalue weighted by atomic mass is 15.1. The molecule has 2 aromatic carbocycles. The fraction of sp³-hybridized carbons (Fsp3) is 0.429. The molecule has 2 rings (SSSR count). The molecule has 0 radical (unpaired) electrons. The summed E-state index contributed by atoms with van der Waals surface area (Å²) in [5.74, 6) is 1.14. The van der Waals surface area contributed by atoms with E-state index >= 15 is 0 Å². The van der Waals surface area contributed by atoms with E-state index in [9.17, 15) is 0 Å². The molecule has 2 aromatic rings. The van der Waals surface area contributed by atoms with Gasteiger partial charge in [0.25, 0.3) is 0 Å². The number of nitrogens with zero attached hydrogens (tertiary/aromatic N) is 3. The van der Waals surface area contributed by atoms with Gasteiger partial charge in [-0.1, -0.05) is 83.2 Å². The zero-order valence-corrected chi connectivity index (χ0v) is 19.6. The summed E-state index contributed by atoms with van der Waals surface area (Å²) in [5, 5.41) is 17.9. The van der Waals surface area contributed by atoms with Crippen molar-refractivity contribution >= 4 is 11.8 Å². The van der Waals surface area contributed by atoms with Crippen LogP contribution in [-0.2, 0) is 5.41 Å². The molecule has 31 heavy (non-hydrogen) atoms. The highest BCUT2D eigenvalue weighted by Gasteiger charge is 2.25. The van der Waals surface area contributed by atoms with Crippen LogP contribution in [0.1, 0.15) is 70.1 Å². The lowest BCUT2D eigenvalue weighted by molar-refractivity contribution is 0.491. The maximum absolute atomic E-state index is 9.04. The topological polar surface area (TPSA) is 50.8 Å². The molecule has 0 aliphatic rings. The number of rotatable bonds is 10. The van der Waals surface area contributed by atoms with Crippen LogP contribution in [0.4, 0.5) is 5.69 Å². The molecule has 1 unspecified atom stereocenters. The second-order valence-corrected chi connectivity index (χ2v) is 9.19. The lowest BCUT2D eigenvalue weighted by Crippen LogP contribution is -2.24. The molecule has 0 N–H and O–H groups in total. The van der Waals surface area contributed by atoms with E-state index in [2.05, 4.69) is 95.3 Å². The molecule has 1 atom stereocenters. The lowest BCUT2D eigenvalue weighted by atomic mass is 9.75. The van der Waals surface area contributed by atoms with E-state index in [1.54, 1.807) is 0 Å². The molecule has 0 amide bonds. The van der Waals surface area contributed by atoms with E-state index < -0.39 is 0 Å². The second kappa shape index (κ2) is 11.4. The Balaban J connectivity index is 2.12. The van der Waals surface area contributed by atoms with Crippen molar-refractivity contribution in [1.82, 2.24) is 0 Å². The Morgan fingerprint density at radius 2 is 1.65 bits per heavy atom. The molecular formula is C28H35N3. The minimum atomic E-state index is 0.0527. The standard InChI is InChI=1S/C28H35N3/c1-22(2)23(3)26-11-6-7-12-27(26)28(4,5)17-8-10-24-13-15-25(16-14-24)31(21-19-30)20-9-18-29/h6-8,10-16,22-23H,9,17,20-21H2,1-5H3. The Morgan fingerprint density at radius 1 is 0.968 bits per heavy atom. The van der Waals surface area contributed by atoms with Crippen LogP contribution in [0.15, 0.2) is 54.6 Å². The maximum Gasteiger partial charge on any atom is 0.105 e. The van der Waals surface area contributed by atoms with Crippen molar-refractivity contribution in [2.24, 2.45) is 5.92 Å². The number of hydrogen-bond donors (Lipinski definition) is 0. The first kappa shape index (κ1) is 24.2. The average Bonchev–Trinajstić information content (AvgIpc) is 2.76. The van der Waals surface area contributed by atoms with Crippen molar-refractivity contribution < 1.29 is 0 Å². The van der Waals surface area contributed by atoms with E-state index in [4.69, 9.17) is 10.5 Å². The van der Waals surface area contributed by atoms with Gasteiger partial charge in [0, 0.05) is 12.2 Å². The van der Waals surface area contributed by atoms with Crippen molar-refractivity contribution in [2.45, 2.75) is 58.8 Å². The van der Waals surface area contributed by atoms with Gasteiger partial charge in [-0.2, -0.15) is 10.5 Å². The Labute approximate surface area is 188 Å².